The molecule has 2 rings (SSSR count). The molecule has 0 saturated heterocycles. The molecule has 5 nitrogen and oxygen atoms in total. The summed E-state index contributed by atoms with van der Waals surface area (Å²) in [7, 11) is -3.96. The van der Waals surface area contributed by atoms with E-state index >= 15 is 0 Å². The molecule has 0 aliphatic heterocycles. The van der Waals surface area contributed by atoms with E-state index in [0.717, 1.165) is 18.2 Å². The van der Waals surface area contributed by atoms with Gasteiger partial charge in [0.1, 0.15) is 11.6 Å². The number of sulfonamides is 1. The lowest BCUT2D eigenvalue weighted by Crippen LogP contribution is -2.13. The van der Waals surface area contributed by atoms with Crippen LogP contribution in [0.25, 0.3) is 0 Å². The molecule has 0 aliphatic rings. The van der Waals surface area contributed by atoms with E-state index < -0.39 is 15.8 Å². The molecule has 2 aromatic rings. The summed E-state index contributed by atoms with van der Waals surface area (Å²) in [5, 5.41) is 18.1. The number of rotatable bonds is 3. The van der Waals surface area contributed by atoms with Crippen LogP contribution in [0.15, 0.2) is 47.4 Å². The van der Waals surface area contributed by atoms with Crippen LogP contribution in [0.3, 0.4) is 0 Å². The summed E-state index contributed by atoms with van der Waals surface area (Å²) < 4.78 is 39.2. The Kier molecular flexibility index (Phi) is 3.59. The van der Waals surface area contributed by atoms with E-state index in [4.69, 9.17) is 5.26 Å². The maximum absolute atomic E-state index is 13.0. The molecule has 2 N–H and O–H groups in total. The smallest absolute Gasteiger partial charge is 0.262 e. The molecule has 2 aromatic carbocycles. The van der Waals surface area contributed by atoms with E-state index in [0.29, 0.717) is 5.56 Å². The first kappa shape index (κ1) is 13.8. The number of phenols is 1. The molecule has 102 valence electrons. The van der Waals surface area contributed by atoms with E-state index in [2.05, 4.69) is 4.72 Å². The highest BCUT2D eigenvalue weighted by Crippen LogP contribution is 2.26. The van der Waals surface area contributed by atoms with E-state index in [1.54, 1.807) is 0 Å². The standard InChI is InChI=1S/C13H9FN2O3S/c14-10-3-6-13(17)12(7-10)16-20(18,19)11-4-1-9(8-15)2-5-11/h1-7,16-17H. The second-order valence-electron chi connectivity index (χ2n) is 3.90. The van der Waals surface area contributed by atoms with Gasteiger partial charge in [0, 0.05) is 6.07 Å². The van der Waals surface area contributed by atoms with E-state index in [1.807, 2.05) is 6.07 Å². The fourth-order valence-corrected chi connectivity index (χ4v) is 2.57. The third-order valence-electron chi connectivity index (χ3n) is 2.50. The van der Waals surface area contributed by atoms with Gasteiger partial charge in [0.05, 0.1) is 22.2 Å². The second-order valence-corrected chi connectivity index (χ2v) is 5.59. The van der Waals surface area contributed by atoms with Crippen molar-refractivity contribution in [2.24, 2.45) is 0 Å². The summed E-state index contributed by atoms with van der Waals surface area (Å²) in [5.41, 5.74) is 0.0620. The number of nitrogens with one attached hydrogen (secondary N) is 1. The van der Waals surface area contributed by atoms with Crippen molar-refractivity contribution in [1.29, 1.82) is 5.26 Å². The van der Waals surface area contributed by atoms with Crippen molar-refractivity contribution in [2.75, 3.05) is 4.72 Å². The summed E-state index contributed by atoms with van der Waals surface area (Å²) in [4.78, 5) is -0.0971. The van der Waals surface area contributed by atoms with Crippen LogP contribution in [0.1, 0.15) is 5.56 Å². The third-order valence-corrected chi connectivity index (χ3v) is 3.88. The Balaban J connectivity index is 2.35. The first-order chi connectivity index (χ1) is 9.42. The summed E-state index contributed by atoms with van der Waals surface area (Å²) in [5.74, 6) is -1.07. The third kappa shape index (κ3) is 2.87. The lowest BCUT2D eigenvalue weighted by Gasteiger charge is -2.09. The topological polar surface area (TPSA) is 90.2 Å². The highest BCUT2D eigenvalue weighted by molar-refractivity contribution is 7.92. The van der Waals surface area contributed by atoms with Crippen LogP contribution in [0.4, 0.5) is 10.1 Å². The van der Waals surface area contributed by atoms with Gasteiger partial charge >= 0.3 is 0 Å². The molecule has 0 fully saturated rings. The van der Waals surface area contributed by atoms with Gasteiger partial charge in [-0.05, 0) is 36.4 Å². The molecule has 0 saturated carbocycles. The predicted octanol–water partition coefficient (Wildman–Crippen LogP) is 2.20. The first-order valence-electron chi connectivity index (χ1n) is 5.44. The van der Waals surface area contributed by atoms with Gasteiger partial charge < -0.3 is 5.11 Å². The number of anilines is 1. The Bertz CT molecular complexity index is 780. The number of halogens is 1. The van der Waals surface area contributed by atoms with Gasteiger partial charge in [-0.3, -0.25) is 4.72 Å². The fraction of sp³-hybridized carbons (Fsp3) is 0. The predicted molar refractivity (Wildman–Crippen MR) is 70.0 cm³/mol. The normalized spacial score (nSPS) is 10.8. The maximum Gasteiger partial charge on any atom is 0.262 e. The van der Waals surface area contributed by atoms with Crippen LogP contribution in [0, 0.1) is 17.1 Å². The van der Waals surface area contributed by atoms with Gasteiger partial charge in [-0.25, -0.2) is 12.8 Å². The Morgan fingerprint density at radius 1 is 1.15 bits per heavy atom. The van der Waals surface area contributed by atoms with Crippen LogP contribution in [0.2, 0.25) is 0 Å². The average molecular weight is 292 g/mol. The number of hydrogen-bond donors (Lipinski definition) is 2. The quantitative estimate of drug-likeness (QED) is 0.849. The van der Waals surface area contributed by atoms with Crippen molar-refractivity contribution in [2.45, 2.75) is 4.90 Å². The Morgan fingerprint density at radius 2 is 1.80 bits per heavy atom. The minimum atomic E-state index is -3.96. The summed E-state index contributed by atoms with van der Waals surface area (Å²) in [6.45, 7) is 0. The van der Waals surface area contributed by atoms with Gasteiger partial charge in [0.2, 0.25) is 0 Å². The van der Waals surface area contributed by atoms with Crippen molar-refractivity contribution in [3.05, 3.63) is 53.8 Å². The average Bonchev–Trinajstić information content (AvgIpc) is 2.43. The van der Waals surface area contributed by atoms with Crippen LogP contribution in [-0.4, -0.2) is 13.5 Å². The molecule has 7 heteroatoms. The molecule has 20 heavy (non-hydrogen) atoms. The number of phenolic OH excluding ortho intramolecular Hbond substituents is 1. The van der Waals surface area contributed by atoms with Crippen molar-refractivity contribution in [1.82, 2.24) is 0 Å². The minimum Gasteiger partial charge on any atom is -0.506 e. The molecular formula is C13H9FN2O3S. The van der Waals surface area contributed by atoms with Crippen molar-refractivity contribution < 1.29 is 17.9 Å². The Hall–Kier alpha value is -2.59. The number of nitriles is 1. The summed E-state index contributed by atoms with van der Waals surface area (Å²) >= 11 is 0. The molecular weight excluding hydrogens is 283 g/mol. The second kappa shape index (κ2) is 5.19. The van der Waals surface area contributed by atoms with Gasteiger partial charge in [-0.1, -0.05) is 0 Å². The lowest BCUT2D eigenvalue weighted by atomic mass is 10.2. The van der Waals surface area contributed by atoms with Gasteiger partial charge in [-0.2, -0.15) is 5.26 Å². The van der Waals surface area contributed by atoms with Crippen LogP contribution < -0.4 is 4.72 Å². The molecule has 0 radical (unpaired) electrons. The SMILES string of the molecule is N#Cc1ccc(S(=O)(=O)Nc2cc(F)ccc2O)cc1. The number of nitrogens with zero attached hydrogens (tertiary/aromatic N) is 1. The van der Waals surface area contributed by atoms with E-state index in [9.17, 15) is 17.9 Å². The number of benzene rings is 2. The van der Waals surface area contributed by atoms with E-state index in [1.165, 1.54) is 24.3 Å². The molecule has 0 bridgehead atoms. The van der Waals surface area contributed by atoms with Crippen molar-refractivity contribution in [3.63, 3.8) is 0 Å². The Labute approximate surface area is 115 Å². The Morgan fingerprint density at radius 3 is 2.40 bits per heavy atom. The number of aromatic hydroxyl groups is 1. The maximum atomic E-state index is 13.0. The molecule has 0 unspecified atom stereocenters. The largest absolute Gasteiger partial charge is 0.506 e. The highest BCUT2D eigenvalue weighted by Gasteiger charge is 2.16. The molecule has 0 aliphatic carbocycles. The van der Waals surface area contributed by atoms with Gasteiger partial charge in [0.25, 0.3) is 10.0 Å². The summed E-state index contributed by atoms with van der Waals surface area (Å²) in [6.07, 6.45) is 0. The zero-order chi connectivity index (χ0) is 14.8. The van der Waals surface area contributed by atoms with Crippen molar-refractivity contribution >= 4 is 15.7 Å². The highest BCUT2D eigenvalue weighted by atomic mass is 32.2. The van der Waals surface area contributed by atoms with E-state index in [-0.39, 0.29) is 16.3 Å². The molecule has 0 aromatic heterocycles. The summed E-state index contributed by atoms with van der Waals surface area (Å²) in [6, 6.07) is 9.98. The van der Waals surface area contributed by atoms with Crippen LogP contribution >= 0.6 is 0 Å². The van der Waals surface area contributed by atoms with Gasteiger partial charge in [-0.15, -0.1) is 0 Å². The zero-order valence-corrected chi connectivity index (χ0v) is 10.9. The van der Waals surface area contributed by atoms with Crippen LogP contribution in [0.5, 0.6) is 5.75 Å². The lowest BCUT2D eigenvalue weighted by molar-refractivity contribution is 0.475. The van der Waals surface area contributed by atoms with Crippen molar-refractivity contribution in [3.8, 4) is 11.8 Å². The molecule has 0 heterocycles. The minimum absolute atomic E-state index is 0.0971. The molecule has 0 amide bonds. The molecule has 0 atom stereocenters. The zero-order valence-electron chi connectivity index (χ0n) is 10.0. The van der Waals surface area contributed by atoms with Gasteiger partial charge in [0.15, 0.2) is 0 Å². The molecule has 0 spiro atoms. The number of hydrogen-bond acceptors (Lipinski definition) is 4. The first-order valence-corrected chi connectivity index (χ1v) is 6.92. The van der Waals surface area contributed by atoms with Crippen LogP contribution in [-0.2, 0) is 10.0 Å². The monoisotopic (exact) mass is 292 g/mol. The fourth-order valence-electron chi connectivity index (χ4n) is 1.50.